The van der Waals surface area contributed by atoms with Crippen molar-refractivity contribution in [3.8, 4) is 0 Å². The maximum absolute atomic E-state index is 6.22. The normalized spacial score (nSPS) is 27.9. The lowest BCUT2D eigenvalue weighted by molar-refractivity contribution is -0.107. The molecule has 124 valence electrons. The molecular weight excluding hydrogens is 262 g/mol. The Kier molecular flexibility index (Phi) is 6.97. The van der Waals surface area contributed by atoms with Crippen LogP contribution in [0, 0.1) is 5.92 Å². The molecule has 3 atom stereocenters. The van der Waals surface area contributed by atoms with Gasteiger partial charge < -0.3 is 14.8 Å². The van der Waals surface area contributed by atoms with Crippen molar-refractivity contribution in [3.05, 3.63) is 0 Å². The number of ether oxygens (including phenoxy) is 2. The molecule has 1 aliphatic heterocycles. The Balaban J connectivity index is 2.03. The molecule has 2 fully saturated rings. The second-order valence-electron chi connectivity index (χ2n) is 7.03. The predicted molar refractivity (Wildman–Crippen MR) is 87.7 cm³/mol. The molecule has 1 saturated carbocycles. The van der Waals surface area contributed by atoms with E-state index in [1.807, 2.05) is 7.11 Å². The molecule has 3 heteroatoms. The summed E-state index contributed by atoms with van der Waals surface area (Å²) < 4.78 is 12.1. The first-order chi connectivity index (χ1) is 10.2. The van der Waals surface area contributed by atoms with Gasteiger partial charge in [-0.1, -0.05) is 33.1 Å². The van der Waals surface area contributed by atoms with E-state index >= 15 is 0 Å². The van der Waals surface area contributed by atoms with Gasteiger partial charge in [0.1, 0.15) is 0 Å². The molecule has 0 bridgehead atoms. The van der Waals surface area contributed by atoms with E-state index in [9.17, 15) is 0 Å². The summed E-state index contributed by atoms with van der Waals surface area (Å²) in [5.41, 5.74) is 0.208. The van der Waals surface area contributed by atoms with Crippen molar-refractivity contribution in [2.24, 2.45) is 5.92 Å². The lowest BCUT2D eigenvalue weighted by Gasteiger charge is -2.43. The van der Waals surface area contributed by atoms with E-state index in [2.05, 4.69) is 19.2 Å². The molecular formula is C18H35NO2. The predicted octanol–water partition coefficient (Wildman–Crippen LogP) is 3.91. The molecule has 1 N–H and O–H groups in total. The fourth-order valence-electron chi connectivity index (χ4n) is 4.38. The number of methoxy groups -OCH3 is 1. The van der Waals surface area contributed by atoms with E-state index in [0.29, 0.717) is 18.1 Å². The Morgan fingerprint density at radius 3 is 2.62 bits per heavy atom. The van der Waals surface area contributed by atoms with Gasteiger partial charge in [0.05, 0.1) is 11.7 Å². The van der Waals surface area contributed by atoms with Crippen molar-refractivity contribution < 1.29 is 9.47 Å². The topological polar surface area (TPSA) is 30.5 Å². The summed E-state index contributed by atoms with van der Waals surface area (Å²) in [6.45, 7) is 6.54. The van der Waals surface area contributed by atoms with Crippen LogP contribution in [0.25, 0.3) is 0 Å². The molecule has 2 aliphatic rings. The summed E-state index contributed by atoms with van der Waals surface area (Å²) in [6, 6.07) is 0.497. The number of hydrogen-bond donors (Lipinski definition) is 1. The van der Waals surface area contributed by atoms with Crippen LogP contribution in [0.1, 0.15) is 71.6 Å². The smallest absolute Gasteiger partial charge is 0.0726 e. The van der Waals surface area contributed by atoms with Gasteiger partial charge in [-0.25, -0.2) is 0 Å². The lowest BCUT2D eigenvalue weighted by atomic mass is 9.78. The third-order valence-electron chi connectivity index (χ3n) is 5.46. The van der Waals surface area contributed by atoms with E-state index in [4.69, 9.17) is 9.47 Å². The Labute approximate surface area is 131 Å². The Morgan fingerprint density at radius 2 is 2.00 bits per heavy atom. The van der Waals surface area contributed by atoms with Crippen LogP contribution in [-0.4, -0.2) is 38.0 Å². The first-order valence-corrected chi connectivity index (χ1v) is 9.15. The fraction of sp³-hybridized carbons (Fsp3) is 1.00. The quantitative estimate of drug-likeness (QED) is 0.737. The van der Waals surface area contributed by atoms with Crippen LogP contribution in [0.5, 0.6) is 0 Å². The summed E-state index contributed by atoms with van der Waals surface area (Å²) in [7, 11) is 1.88. The molecule has 0 radical (unpaired) electrons. The highest BCUT2D eigenvalue weighted by Gasteiger charge is 2.43. The van der Waals surface area contributed by atoms with Gasteiger partial charge in [-0.05, 0) is 51.0 Å². The molecule has 2 rings (SSSR count). The minimum absolute atomic E-state index is 0.208. The highest BCUT2D eigenvalue weighted by molar-refractivity contribution is 4.96. The maximum atomic E-state index is 6.22. The molecule has 1 spiro atoms. The Hall–Kier alpha value is -0.120. The average molecular weight is 297 g/mol. The van der Waals surface area contributed by atoms with Crippen molar-refractivity contribution in [3.63, 3.8) is 0 Å². The highest BCUT2D eigenvalue weighted by atomic mass is 16.5. The second-order valence-corrected chi connectivity index (χ2v) is 7.03. The van der Waals surface area contributed by atoms with Crippen molar-refractivity contribution in [2.75, 3.05) is 20.3 Å². The Morgan fingerprint density at radius 1 is 1.24 bits per heavy atom. The molecule has 0 aromatic heterocycles. The molecule has 3 unspecified atom stereocenters. The van der Waals surface area contributed by atoms with E-state index in [-0.39, 0.29) is 5.60 Å². The summed E-state index contributed by atoms with van der Waals surface area (Å²) in [5.74, 6) is 0.708. The Bertz CT molecular complexity index is 289. The van der Waals surface area contributed by atoms with Gasteiger partial charge in [-0.15, -0.1) is 0 Å². The molecule has 0 aromatic rings. The number of rotatable bonds is 8. The molecule has 0 aromatic carbocycles. The monoisotopic (exact) mass is 297 g/mol. The van der Waals surface area contributed by atoms with Crippen LogP contribution in [0.3, 0.4) is 0 Å². The third-order valence-corrected chi connectivity index (χ3v) is 5.46. The number of nitrogens with one attached hydrogen (secondary N) is 1. The number of hydrogen-bond acceptors (Lipinski definition) is 3. The van der Waals surface area contributed by atoms with E-state index < -0.39 is 0 Å². The van der Waals surface area contributed by atoms with Crippen LogP contribution in [-0.2, 0) is 9.47 Å². The van der Waals surface area contributed by atoms with Gasteiger partial charge in [-0.2, -0.15) is 0 Å². The van der Waals surface area contributed by atoms with Crippen LogP contribution < -0.4 is 5.32 Å². The van der Waals surface area contributed by atoms with Gasteiger partial charge in [0.25, 0.3) is 0 Å². The molecule has 21 heavy (non-hydrogen) atoms. The van der Waals surface area contributed by atoms with Gasteiger partial charge in [-0.3, -0.25) is 0 Å². The maximum Gasteiger partial charge on any atom is 0.0726 e. The summed E-state index contributed by atoms with van der Waals surface area (Å²) in [5, 5.41) is 3.80. The van der Waals surface area contributed by atoms with Gasteiger partial charge >= 0.3 is 0 Å². The van der Waals surface area contributed by atoms with Gasteiger partial charge in [0.2, 0.25) is 0 Å². The SMILES string of the molecule is CCCNC(C1CCOC2(CCCC2)C1)C(CCC)OC. The zero-order chi connectivity index (χ0) is 15.1. The lowest BCUT2D eigenvalue weighted by Crippen LogP contribution is -2.51. The van der Waals surface area contributed by atoms with Crippen molar-refractivity contribution in [1.82, 2.24) is 5.32 Å². The van der Waals surface area contributed by atoms with Crippen LogP contribution in [0.4, 0.5) is 0 Å². The highest BCUT2D eigenvalue weighted by Crippen LogP contribution is 2.43. The summed E-state index contributed by atoms with van der Waals surface area (Å²) >= 11 is 0. The molecule has 3 nitrogen and oxygen atoms in total. The zero-order valence-corrected chi connectivity index (χ0v) is 14.3. The van der Waals surface area contributed by atoms with E-state index in [1.54, 1.807) is 0 Å². The van der Waals surface area contributed by atoms with Crippen molar-refractivity contribution in [1.29, 1.82) is 0 Å². The molecule has 0 amide bonds. The van der Waals surface area contributed by atoms with Gasteiger partial charge in [0, 0.05) is 19.8 Å². The zero-order valence-electron chi connectivity index (χ0n) is 14.3. The van der Waals surface area contributed by atoms with E-state index in [0.717, 1.165) is 19.6 Å². The summed E-state index contributed by atoms with van der Waals surface area (Å²) in [6.07, 6.45) is 11.6. The van der Waals surface area contributed by atoms with E-state index in [1.165, 1.54) is 51.4 Å². The third kappa shape index (κ3) is 4.43. The summed E-state index contributed by atoms with van der Waals surface area (Å²) in [4.78, 5) is 0. The van der Waals surface area contributed by atoms with Crippen LogP contribution in [0.2, 0.25) is 0 Å². The standard InChI is InChI=1S/C18H35NO2/c1-4-8-16(20-3)17(19-12-5-2)15-9-13-21-18(14-15)10-6-7-11-18/h15-17,19H,4-14H2,1-3H3. The van der Waals surface area contributed by atoms with Crippen molar-refractivity contribution >= 4 is 0 Å². The van der Waals surface area contributed by atoms with Crippen molar-refractivity contribution in [2.45, 2.75) is 89.4 Å². The minimum Gasteiger partial charge on any atom is -0.380 e. The fourth-order valence-corrected chi connectivity index (χ4v) is 4.38. The van der Waals surface area contributed by atoms with Crippen LogP contribution >= 0.6 is 0 Å². The second kappa shape index (κ2) is 8.50. The first-order valence-electron chi connectivity index (χ1n) is 9.15. The van der Waals surface area contributed by atoms with Crippen LogP contribution in [0.15, 0.2) is 0 Å². The molecule has 1 saturated heterocycles. The average Bonchev–Trinajstić information content (AvgIpc) is 2.94. The largest absolute Gasteiger partial charge is 0.380 e. The molecule has 1 heterocycles. The first kappa shape index (κ1) is 17.2. The molecule has 1 aliphatic carbocycles. The minimum atomic E-state index is 0.208. The van der Waals surface area contributed by atoms with Gasteiger partial charge in [0.15, 0.2) is 0 Å².